The summed E-state index contributed by atoms with van der Waals surface area (Å²) in [7, 11) is 0. The van der Waals surface area contributed by atoms with Crippen molar-refractivity contribution in [2.75, 3.05) is 13.2 Å². The monoisotopic (exact) mass is 202 g/mol. The van der Waals surface area contributed by atoms with Gasteiger partial charge in [0.05, 0.1) is 13.2 Å². The van der Waals surface area contributed by atoms with E-state index < -0.39 is 37.4 Å². The van der Waals surface area contributed by atoms with Gasteiger partial charge in [-0.3, -0.25) is 0 Å². The maximum absolute atomic E-state index is 12.7. The first kappa shape index (κ1) is 12.7. The molecule has 0 radical (unpaired) electrons. The first-order valence-corrected chi connectivity index (χ1v) is 3.51. The second kappa shape index (κ2) is 4.77. The van der Waals surface area contributed by atoms with Gasteiger partial charge in [0.2, 0.25) is 0 Å². The normalized spacial score (nSPS) is 19.6. The number of halogens is 2. The summed E-state index contributed by atoms with van der Waals surface area (Å²) in [5, 5.41) is 42.3. The quantitative estimate of drug-likeness (QED) is 0.345. The molecule has 0 saturated carbocycles. The van der Waals surface area contributed by atoms with E-state index in [2.05, 4.69) is 0 Å². The maximum Gasteiger partial charge on any atom is 0.303 e. The van der Waals surface area contributed by atoms with E-state index in [-0.39, 0.29) is 0 Å². The molecule has 0 aromatic carbocycles. The zero-order valence-electron chi connectivity index (χ0n) is 6.64. The zero-order chi connectivity index (χ0) is 10.6. The van der Waals surface area contributed by atoms with Gasteiger partial charge in [0.25, 0.3) is 0 Å². The Kier molecular flexibility index (Phi) is 4.65. The Hall–Kier alpha value is -0.340. The molecule has 0 aromatic heterocycles. The average molecular weight is 202 g/mol. The van der Waals surface area contributed by atoms with Crippen LogP contribution in [0.15, 0.2) is 0 Å². The summed E-state index contributed by atoms with van der Waals surface area (Å²) in [6, 6.07) is 0. The van der Waals surface area contributed by atoms with Crippen molar-refractivity contribution in [3.8, 4) is 0 Å². The third-order valence-corrected chi connectivity index (χ3v) is 1.56. The Bertz CT molecular complexity index is 154. The highest BCUT2D eigenvalue weighted by Crippen LogP contribution is 2.25. The molecule has 0 fully saturated rings. The standard InChI is InChI=1S/C6H12F2O5/c7-6(8,4(12)2-10)5(13)3(11)1-9/h3-5,9-13H,1-2H2/t3-,4+,5-/m0/s1. The lowest BCUT2D eigenvalue weighted by atomic mass is 10.0. The molecule has 0 spiro atoms. The first-order chi connectivity index (χ1) is 5.87. The SMILES string of the molecule is OC[C@@H](O)C(F)(F)[C@@H](O)[C@@H](O)CO. The van der Waals surface area contributed by atoms with Crippen molar-refractivity contribution < 1.29 is 34.3 Å². The highest BCUT2D eigenvalue weighted by molar-refractivity contribution is 4.87. The third kappa shape index (κ3) is 2.82. The molecule has 0 amide bonds. The van der Waals surface area contributed by atoms with Crippen LogP contribution >= 0.6 is 0 Å². The van der Waals surface area contributed by atoms with Crippen molar-refractivity contribution in [1.82, 2.24) is 0 Å². The number of hydrogen-bond acceptors (Lipinski definition) is 5. The van der Waals surface area contributed by atoms with E-state index >= 15 is 0 Å². The molecule has 13 heavy (non-hydrogen) atoms. The summed E-state index contributed by atoms with van der Waals surface area (Å²) in [4.78, 5) is 0. The highest BCUT2D eigenvalue weighted by atomic mass is 19.3. The predicted molar refractivity (Wildman–Crippen MR) is 37.1 cm³/mol. The number of hydrogen-bond donors (Lipinski definition) is 5. The van der Waals surface area contributed by atoms with E-state index in [9.17, 15) is 8.78 Å². The Morgan fingerprint density at radius 2 is 1.46 bits per heavy atom. The van der Waals surface area contributed by atoms with E-state index in [0.29, 0.717) is 0 Å². The molecule has 0 aliphatic carbocycles. The average Bonchev–Trinajstić information content (AvgIpc) is 2.13. The minimum atomic E-state index is -4.06. The van der Waals surface area contributed by atoms with Crippen LogP contribution in [-0.4, -0.2) is 63.0 Å². The third-order valence-electron chi connectivity index (χ3n) is 1.56. The van der Waals surface area contributed by atoms with Gasteiger partial charge in [-0.15, -0.1) is 0 Å². The molecule has 0 aliphatic heterocycles. The van der Waals surface area contributed by atoms with Crippen LogP contribution in [0.4, 0.5) is 8.78 Å². The zero-order valence-corrected chi connectivity index (χ0v) is 6.64. The van der Waals surface area contributed by atoms with Gasteiger partial charge in [-0.1, -0.05) is 0 Å². The summed E-state index contributed by atoms with van der Waals surface area (Å²) in [5.41, 5.74) is 0. The van der Waals surface area contributed by atoms with Gasteiger partial charge in [0, 0.05) is 0 Å². The lowest BCUT2D eigenvalue weighted by Crippen LogP contribution is -2.52. The number of aliphatic hydroxyl groups is 5. The van der Waals surface area contributed by atoms with E-state index in [1.54, 1.807) is 0 Å². The summed E-state index contributed by atoms with van der Waals surface area (Å²) in [6.45, 7) is -2.31. The maximum atomic E-state index is 12.7. The molecule has 0 aromatic rings. The molecule has 80 valence electrons. The largest absolute Gasteiger partial charge is 0.394 e. The van der Waals surface area contributed by atoms with Crippen LogP contribution in [0.3, 0.4) is 0 Å². The fourth-order valence-corrected chi connectivity index (χ4v) is 0.675. The Labute approximate surface area is 72.9 Å². The van der Waals surface area contributed by atoms with Gasteiger partial charge in [-0.05, 0) is 0 Å². The summed E-state index contributed by atoms with van der Waals surface area (Å²) >= 11 is 0. The Morgan fingerprint density at radius 3 is 1.77 bits per heavy atom. The van der Waals surface area contributed by atoms with Gasteiger partial charge >= 0.3 is 5.92 Å². The van der Waals surface area contributed by atoms with Crippen molar-refractivity contribution in [3.63, 3.8) is 0 Å². The van der Waals surface area contributed by atoms with Crippen LogP contribution < -0.4 is 0 Å². The van der Waals surface area contributed by atoms with E-state index in [0.717, 1.165) is 0 Å². The van der Waals surface area contributed by atoms with Crippen molar-refractivity contribution >= 4 is 0 Å². The van der Waals surface area contributed by atoms with Crippen LogP contribution in [-0.2, 0) is 0 Å². The summed E-state index contributed by atoms with van der Waals surface area (Å²) in [6.07, 6.45) is -7.14. The first-order valence-electron chi connectivity index (χ1n) is 3.51. The molecular weight excluding hydrogens is 190 g/mol. The summed E-state index contributed by atoms with van der Waals surface area (Å²) in [5.74, 6) is -4.06. The van der Waals surface area contributed by atoms with Gasteiger partial charge < -0.3 is 25.5 Å². The van der Waals surface area contributed by atoms with Gasteiger partial charge in [-0.2, -0.15) is 0 Å². The fourth-order valence-electron chi connectivity index (χ4n) is 0.675. The van der Waals surface area contributed by atoms with Crippen LogP contribution in [0, 0.1) is 0 Å². The van der Waals surface area contributed by atoms with Gasteiger partial charge in [-0.25, -0.2) is 8.78 Å². The lowest BCUT2D eigenvalue weighted by molar-refractivity contribution is -0.214. The van der Waals surface area contributed by atoms with Crippen LogP contribution in [0.1, 0.15) is 0 Å². The topological polar surface area (TPSA) is 101 Å². The van der Waals surface area contributed by atoms with Gasteiger partial charge in [0.15, 0.2) is 0 Å². The molecule has 0 heterocycles. The lowest BCUT2D eigenvalue weighted by Gasteiger charge is -2.28. The second-order valence-corrected chi connectivity index (χ2v) is 2.57. The fraction of sp³-hybridized carbons (Fsp3) is 1.00. The Balaban J connectivity index is 4.42. The summed E-state index contributed by atoms with van der Waals surface area (Å²) < 4.78 is 25.4. The smallest absolute Gasteiger partial charge is 0.303 e. The molecule has 5 nitrogen and oxygen atoms in total. The van der Waals surface area contributed by atoms with E-state index in [4.69, 9.17) is 25.5 Å². The van der Waals surface area contributed by atoms with Crippen molar-refractivity contribution in [2.45, 2.75) is 24.2 Å². The van der Waals surface area contributed by atoms with Crippen molar-refractivity contribution in [1.29, 1.82) is 0 Å². The van der Waals surface area contributed by atoms with E-state index in [1.807, 2.05) is 0 Å². The number of rotatable bonds is 5. The molecule has 0 aliphatic rings. The van der Waals surface area contributed by atoms with Crippen LogP contribution in [0.5, 0.6) is 0 Å². The molecule has 3 atom stereocenters. The second-order valence-electron chi connectivity index (χ2n) is 2.57. The van der Waals surface area contributed by atoms with Crippen molar-refractivity contribution in [2.24, 2.45) is 0 Å². The molecular formula is C6H12F2O5. The molecule has 0 rings (SSSR count). The molecule has 5 N–H and O–H groups in total. The molecule has 7 heteroatoms. The minimum Gasteiger partial charge on any atom is -0.394 e. The molecule has 0 saturated heterocycles. The number of aliphatic hydroxyl groups excluding tert-OH is 5. The van der Waals surface area contributed by atoms with E-state index in [1.165, 1.54) is 0 Å². The van der Waals surface area contributed by atoms with Crippen LogP contribution in [0.2, 0.25) is 0 Å². The van der Waals surface area contributed by atoms with Gasteiger partial charge in [0.1, 0.15) is 18.3 Å². The van der Waals surface area contributed by atoms with Crippen LogP contribution in [0.25, 0.3) is 0 Å². The number of alkyl halides is 2. The Morgan fingerprint density at radius 1 is 1.00 bits per heavy atom. The molecule has 0 bridgehead atoms. The predicted octanol–water partition coefficient (Wildman–Crippen LogP) is -2.31. The highest BCUT2D eigenvalue weighted by Gasteiger charge is 2.48. The minimum absolute atomic E-state index is 1.06. The molecule has 0 unspecified atom stereocenters. The van der Waals surface area contributed by atoms with Crippen molar-refractivity contribution in [3.05, 3.63) is 0 Å².